The van der Waals surface area contributed by atoms with Crippen LogP contribution in [-0.2, 0) is 6.42 Å². The third-order valence-electron chi connectivity index (χ3n) is 5.18. The molecule has 132 valence electrons. The van der Waals surface area contributed by atoms with Gasteiger partial charge in [-0.2, -0.15) is 0 Å². The van der Waals surface area contributed by atoms with Crippen molar-refractivity contribution in [1.29, 1.82) is 0 Å². The molecule has 0 aliphatic heterocycles. The van der Waals surface area contributed by atoms with Crippen molar-refractivity contribution in [1.82, 2.24) is 5.32 Å². The van der Waals surface area contributed by atoms with Crippen LogP contribution in [0.1, 0.15) is 48.0 Å². The van der Waals surface area contributed by atoms with Gasteiger partial charge in [0.25, 0.3) is 0 Å². The van der Waals surface area contributed by atoms with Gasteiger partial charge in [-0.15, -0.1) is 0 Å². The lowest BCUT2D eigenvalue weighted by molar-refractivity contribution is 0.100. The predicted molar refractivity (Wildman–Crippen MR) is 104 cm³/mol. The summed E-state index contributed by atoms with van der Waals surface area (Å²) in [6.45, 7) is 2.19. The summed E-state index contributed by atoms with van der Waals surface area (Å²) in [5.74, 6) is 0.494. The molecule has 0 bridgehead atoms. The van der Waals surface area contributed by atoms with Gasteiger partial charge in [0, 0.05) is 5.56 Å². The largest absolute Gasteiger partial charge is 0.366 e. The lowest BCUT2D eigenvalue weighted by atomic mass is 9.89. The quantitative estimate of drug-likeness (QED) is 0.746. The third kappa shape index (κ3) is 5.17. The lowest BCUT2D eigenvalue weighted by Crippen LogP contribution is -2.26. The van der Waals surface area contributed by atoms with Crippen LogP contribution in [0.4, 0.5) is 0 Å². The molecule has 0 unspecified atom stereocenters. The molecule has 3 rings (SSSR count). The fourth-order valence-electron chi connectivity index (χ4n) is 3.66. The molecular weight excluding hydrogens is 308 g/mol. The second kappa shape index (κ2) is 8.82. The van der Waals surface area contributed by atoms with Gasteiger partial charge in [-0.3, -0.25) is 4.79 Å². The van der Waals surface area contributed by atoms with E-state index in [9.17, 15) is 4.79 Å². The van der Waals surface area contributed by atoms with E-state index in [-0.39, 0.29) is 5.91 Å². The SMILES string of the molecule is NC(=O)c1ccc(-c2cccc(CCNCC3CCCCC3)c2)cc1. The van der Waals surface area contributed by atoms with E-state index in [2.05, 4.69) is 29.6 Å². The zero-order chi connectivity index (χ0) is 17.5. The Hall–Kier alpha value is -2.13. The molecule has 1 fully saturated rings. The summed E-state index contributed by atoms with van der Waals surface area (Å²) >= 11 is 0. The molecule has 0 atom stereocenters. The van der Waals surface area contributed by atoms with Crippen molar-refractivity contribution in [2.24, 2.45) is 11.7 Å². The molecule has 0 spiro atoms. The Bertz CT molecular complexity index is 687. The summed E-state index contributed by atoms with van der Waals surface area (Å²) in [4.78, 5) is 11.2. The van der Waals surface area contributed by atoms with Crippen LogP contribution in [0.15, 0.2) is 48.5 Å². The van der Waals surface area contributed by atoms with Gasteiger partial charge in [0.1, 0.15) is 0 Å². The maximum atomic E-state index is 11.2. The highest BCUT2D eigenvalue weighted by atomic mass is 16.1. The van der Waals surface area contributed by atoms with Gasteiger partial charge in [-0.25, -0.2) is 0 Å². The van der Waals surface area contributed by atoms with Gasteiger partial charge < -0.3 is 11.1 Å². The first-order chi connectivity index (χ1) is 12.2. The highest BCUT2D eigenvalue weighted by Gasteiger charge is 2.12. The Morgan fingerprint density at radius 3 is 2.48 bits per heavy atom. The molecule has 3 heteroatoms. The maximum absolute atomic E-state index is 11.2. The number of amides is 1. The second-order valence-corrected chi connectivity index (χ2v) is 7.10. The average Bonchev–Trinajstić information content (AvgIpc) is 2.66. The van der Waals surface area contributed by atoms with Crippen molar-refractivity contribution in [3.63, 3.8) is 0 Å². The van der Waals surface area contributed by atoms with Crippen molar-refractivity contribution in [3.05, 3.63) is 59.7 Å². The number of hydrogen-bond donors (Lipinski definition) is 2. The van der Waals surface area contributed by atoms with Crippen LogP contribution >= 0.6 is 0 Å². The molecule has 1 aliphatic carbocycles. The summed E-state index contributed by atoms with van der Waals surface area (Å²) in [5, 5.41) is 3.63. The van der Waals surface area contributed by atoms with Gasteiger partial charge in [-0.05, 0) is 67.1 Å². The van der Waals surface area contributed by atoms with Gasteiger partial charge in [0.05, 0.1) is 0 Å². The molecule has 0 aromatic heterocycles. The van der Waals surface area contributed by atoms with E-state index in [1.165, 1.54) is 43.2 Å². The van der Waals surface area contributed by atoms with Gasteiger partial charge >= 0.3 is 0 Å². The maximum Gasteiger partial charge on any atom is 0.248 e. The van der Waals surface area contributed by atoms with E-state index in [0.29, 0.717) is 5.56 Å². The van der Waals surface area contributed by atoms with Crippen LogP contribution in [-0.4, -0.2) is 19.0 Å². The summed E-state index contributed by atoms with van der Waals surface area (Å²) < 4.78 is 0. The Balaban J connectivity index is 1.53. The number of nitrogens with one attached hydrogen (secondary N) is 1. The van der Waals surface area contributed by atoms with Gasteiger partial charge in [-0.1, -0.05) is 55.7 Å². The fourth-order valence-corrected chi connectivity index (χ4v) is 3.66. The topological polar surface area (TPSA) is 55.1 Å². The number of carbonyl (C=O) groups is 1. The highest BCUT2D eigenvalue weighted by molar-refractivity contribution is 5.93. The minimum atomic E-state index is -0.385. The summed E-state index contributed by atoms with van der Waals surface area (Å²) in [6.07, 6.45) is 8.06. The van der Waals surface area contributed by atoms with Crippen molar-refractivity contribution in [2.45, 2.75) is 38.5 Å². The third-order valence-corrected chi connectivity index (χ3v) is 5.18. The zero-order valence-electron chi connectivity index (χ0n) is 14.8. The number of carbonyl (C=O) groups excluding carboxylic acids is 1. The van der Waals surface area contributed by atoms with Gasteiger partial charge in [0.2, 0.25) is 5.91 Å². The number of nitrogens with two attached hydrogens (primary N) is 1. The van der Waals surface area contributed by atoms with Crippen LogP contribution in [0, 0.1) is 5.92 Å². The molecule has 0 heterocycles. The smallest absolute Gasteiger partial charge is 0.248 e. The Morgan fingerprint density at radius 1 is 1.00 bits per heavy atom. The lowest BCUT2D eigenvalue weighted by Gasteiger charge is -2.21. The molecule has 2 aromatic rings. The Morgan fingerprint density at radius 2 is 1.76 bits per heavy atom. The fraction of sp³-hybridized carbons (Fsp3) is 0.409. The molecule has 0 saturated heterocycles. The minimum Gasteiger partial charge on any atom is -0.366 e. The molecule has 1 saturated carbocycles. The molecule has 1 aliphatic rings. The first-order valence-electron chi connectivity index (χ1n) is 9.42. The van der Waals surface area contributed by atoms with E-state index in [1.807, 2.05) is 12.1 Å². The van der Waals surface area contributed by atoms with E-state index < -0.39 is 0 Å². The summed E-state index contributed by atoms with van der Waals surface area (Å²) in [5.41, 5.74) is 9.49. The molecular formula is C22H28N2O. The second-order valence-electron chi connectivity index (χ2n) is 7.10. The first-order valence-corrected chi connectivity index (χ1v) is 9.42. The van der Waals surface area contributed by atoms with Crippen molar-refractivity contribution >= 4 is 5.91 Å². The number of hydrogen-bond acceptors (Lipinski definition) is 2. The van der Waals surface area contributed by atoms with Crippen molar-refractivity contribution in [3.8, 4) is 11.1 Å². The van der Waals surface area contributed by atoms with Crippen LogP contribution in [0.5, 0.6) is 0 Å². The molecule has 2 aromatic carbocycles. The molecule has 25 heavy (non-hydrogen) atoms. The van der Waals surface area contributed by atoms with Crippen LogP contribution in [0.3, 0.4) is 0 Å². The number of benzene rings is 2. The number of rotatable bonds is 7. The average molecular weight is 336 g/mol. The molecule has 1 amide bonds. The summed E-state index contributed by atoms with van der Waals surface area (Å²) in [7, 11) is 0. The van der Waals surface area contributed by atoms with E-state index in [1.54, 1.807) is 12.1 Å². The van der Waals surface area contributed by atoms with Gasteiger partial charge in [0.15, 0.2) is 0 Å². The van der Waals surface area contributed by atoms with Crippen LogP contribution in [0.25, 0.3) is 11.1 Å². The Kier molecular flexibility index (Phi) is 6.24. The van der Waals surface area contributed by atoms with Crippen LogP contribution < -0.4 is 11.1 Å². The molecule has 3 nitrogen and oxygen atoms in total. The monoisotopic (exact) mass is 336 g/mol. The molecule has 0 radical (unpaired) electrons. The predicted octanol–water partition coefficient (Wildman–Crippen LogP) is 4.16. The highest BCUT2D eigenvalue weighted by Crippen LogP contribution is 2.23. The molecule has 3 N–H and O–H groups in total. The van der Waals surface area contributed by atoms with Crippen molar-refractivity contribution < 1.29 is 4.79 Å². The Labute approximate surface area is 150 Å². The van der Waals surface area contributed by atoms with E-state index in [0.717, 1.165) is 31.0 Å². The zero-order valence-corrected chi connectivity index (χ0v) is 14.8. The van der Waals surface area contributed by atoms with E-state index in [4.69, 9.17) is 5.73 Å². The van der Waals surface area contributed by atoms with Crippen LogP contribution in [0.2, 0.25) is 0 Å². The normalized spacial score (nSPS) is 15.2. The number of primary amides is 1. The van der Waals surface area contributed by atoms with Crippen molar-refractivity contribution in [2.75, 3.05) is 13.1 Å². The standard InChI is InChI=1S/C22H28N2O/c23-22(25)20-11-9-19(10-12-20)21-8-4-7-17(15-21)13-14-24-16-18-5-2-1-3-6-18/h4,7-12,15,18,24H,1-3,5-6,13-14,16H2,(H2,23,25). The van der Waals surface area contributed by atoms with E-state index >= 15 is 0 Å². The minimum absolute atomic E-state index is 0.385. The first kappa shape index (κ1) is 17.7. The summed E-state index contributed by atoms with van der Waals surface area (Å²) in [6, 6.07) is 16.1.